The predicted molar refractivity (Wildman–Crippen MR) is 67.4 cm³/mol. The second-order valence-corrected chi connectivity index (χ2v) is 4.86. The van der Waals surface area contributed by atoms with Gasteiger partial charge in [0.25, 0.3) is 0 Å². The van der Waals surface area contributed by atoms with Gasteiger partial charge in [-0.15, -0.1) is 0 Å². The summed E-state index contributed by atoms with van der Waals surface area (Å²) in [6.07, 6.45) is 8.94. The largest absolute Gasteiger partial charge is 0.306 e. The molecule has 0 spiro atoms. The van der Waals surface area contributed by atoms with Crippen molar-refractivity contribution in [2.75, 3.05) is 6.54 Å². The highest BCUT2D eigenvalue weighted by Gasteiger charge is 2.22. The molecule has 2 aliphatic rings. The van der Waals surface area contributed by atoms with Gasteiger partial charge >= 0.3 is 0 Å². The lowest BCUT2D eigenvalue weighted by Crippen LogP contribution is -2.31. The van der Waals surface area contributed by atoms with Gasteiger partial charge in [0.2, 0.25) is 0 Å². The van der Waals surface area contributed by atoms with E-state index in [1.54, 1.807) is 5.57 Å². The molecule has 3 rings (SSSR count). The first kappa shape index (κ1) is 10.1. The van der Waals surface area contributed by atoms with Crippen molar-refractivity contribution >= 4 is 0 Å². The Morgan fingerprint density at radius 2 is 2.00 bits per heavy atom. The third kappa shape index (κ3) is 1.80. The van der Waals surface area contributed by atoms with Crippen LogP contribution in [0.3, 0.4) is 0 Å². The molecule has 0 fully saturated rings. The van der Waals surface area contributed by atoms with Crippen LogP contribution >= 0.6 is 0 Å². The Kier molecular flexibility index (Phi) is 2.79. The molecule has 0 saturated heterocycles. The normalized spacial score (nSPS) is 24.8. The maximum atomic E-state index is 3.68. The summed E-state index contributed by atoms with van der Waals surface area (Å²) in [6.45, 7) is 1.12. The van der Waals surface area contributed by atoms with Crippen LogP contribution in [0, 0.1) is 0 Å². The van der Waals surface area contributed by atoms with Crippen LogP contribution in [-0.4, -0.2) is 6.54 Å². The summed E-state index contributed by atoms with van der Waals surface area (Å²) in [4.78, 5) is 0. The zero-order chi connectivity index (χ0) is 10.8. The fraction of sp³-hybridized carbons (Fsp3) is 0.467. The summed E-state index contributed by atoms with van der Waals surface area (Å²) >= 11 is 0. The van der Waals surface area contributed by atoms with Crippen LogP contribution in [0.25, 0.3) is 0 Å². The van der Waals surface area contributed by atoms with Gasteiger partial charge in [0.05, 0.1) is 6.04 Å². The fourth-order valence-electron chi connectivity index (χ4n) is 2.96. The Morgan fingerprint density at radius 3 is 2.88 bits per heavy atom. The van der Waals surface area contributed by atoms with E-state index in [1.165, 1.54) is 43.2 Å². The molecule has 1 heterocycles. The molecular formula is C15H19N. The smallest absolute Gasteiger partial charge is 0.0538 e. The standard InChI is InChI=1S/C15H19N/c1-2-7-13(8-3-1)15-14-9-5-4-6-12(14)10-11-16-15/h4-7,9,15-16H,1-3,8,10-11H2. The molecule has 16 heavy (non-hydrogen) atoms. The van der Waals surface area contributed by atoms with E-state index in [-0.39, 0.29) is 0 Å². The average molecular weight is 213 g/mol. The summed E-state index contributed by atoms with van der Waals surface area (Å²) in [5.41, 5.74) is 4.68. The molecule has 0 saturated carbocycles. The van der Waals surface area contributed by atoms with Crippen molar-refractivity contribution in [3.05, 3.63) is 47.0 Å². The molecule has 1 aliphatic carbocycles. The molecule has 0 bridgehead atoms. The Hall–Kier alpha value is -1.08. The zero-order valence-electron chi connectivity index (χ0n) is 9.71. The number of benzene rings is 1. The van der Waals surface area contributed by atoms with E-state index in [1.807, 2.05) is 0 Å². The van der Waals surface area contributed by atoms with Crippen molar-refractivity contribution in [1.29, 1.82) is 0 Å². The number of hydrogen-bond acceptors (Lipinski definition) is 1. The van der Waals surface area contributed by atoms with Gasteiger partial charge in [-0.3, -0.25) is 0 Å². The predicted octanol–water partition coefficient (Wildman–Crippen LogP) is 3.37. The molecule has 1 aromatic rings. The minimum atomic E-state index is 0.505. The van der Waals surface area contributed by atoms with E-state index < -0.39 is 0 Å². The molecule has 1 aromatic carbocycles. The topological polar surface area (TPSA) is 12.0 Å². The molecular weight excluding hydrogens is 194 g/mol. The quantitative estimate of drug-likeness (QED) is 0.705. The summed E-state index contributed by atoms with van der Waals surface area (Å²) in [5.74, 6) is 0. The van der Waals surface area contributed by atoms with Gasteiger partial charge in [0, 0.05) is 6.54 Å². The van der Waals surface area contributed by atoms with Gasteiger partial charge < -0.3 is 5.32 Å². The molecule has 84 valence electrons. The maximum absolute atomic E-state index is 3.68. The van der Waals surface area contributed by atoms with Crippen molar-refractivity contribution in [2.45, 2.75) is 38.1 Å². The highest BCUT2D eigenvalue weighted by atomic mass is 14.9. The fourth-order valence-corrected chi connectivity index (χ4v) is 2.96. The van der Waals surface area contributed by atoms with E-state index in [4.69, 9.17) is 0 Å². The maximum Gasteiger partial charge on any atom is 0.0538 e. The third-order valence-corrected chi connectivity index (χ3v) is 3.81. The Bertz CT molecular complexity index is 406. The van der Waals surface area contributed by atoms with Gasteiger partial charge in [-0.1, -0.05) is 35.9 Å². The molecule has 1 nitrogen and oxygen atoms in total. The van der Waals surface area contributed by atoms with Crippen LogP contribution in [0.4, 0.5) is 0 Å². The number of fused-ring (bicyclic) bond motifs is 1. The van der Waals surface area contributed by atoms with E-state index >= 15 is 0 Å². The lowest BCUT2D eigenvalue weighted by molar-refractivity contribution is 0.524. The monoisotopic (exact) mass is 213 g/mol. The van der Waals surface area contributed by atoms with Crippen molar-refractivity contribution in [2.24, 2.45) is 0 Å². The Labute approximate surface area is 97.6 Å². The first-order valence-electron chi connectivity index (χ1n) is 6.45. The molecule has 1 N–H and O–H groups in total. The average Bonchev–Trinajstić information content (AvgIpc) is 2.39. The SMILES string of the molecule is C1=C(C2NCCc3ccccc32)CCCC1. The summed E-state index contributed by atoms with van der Waals surface area (Å²) in [6, 6.07) is 9.41. The van der Waals surface area contributed by atoms with Crippen LogP contribution < -0.4 is 5.32 Å². The first-order valence-corrected chi connectivity index (χ1v) is 6.45. The van der Waals surface area contributed by atoms with Gasteiger partial charge in [0.1, 0.15) is 0 Å². The Morgan fingerprint density at radius 1 is 1.06 bits per heavy atom. The van der Waals surface area contributed by atoms with Crippen molar-refractivity contribution in [1.82, 2.24) is 5.32 Å². The molecule has 0 radical (unpaired) electrons. The van der Waals surface area contributed by atoms with Crippen molar-refractivity contribution in [3.8, 4) is 0 Å². The van der Waals surface area contributed by atoms with Crippen LogP contribution in [0.5, 0.6) is 0 Å². The summed E-state index contributed by atoms with van der Waals surface area (Å²) in [5, 5.41) is 3.68. The van der Waals surface area contributed by atoms with Crippen molar-refractivity contribution in [3.63, 3.8) is 0 Å². The number of allylic oxidation sites excluding steroid dienone is 1. The lowest BCUT2D eigenvalue weighted by Gasteiger charge is -2.30. The minimum absolute atomic E-state index is 0.505. The minimum Gasteiger partial charge on any atom is -0.306 e. The van der Waals surface area contributed by atoms with E-state index in [0.29, 0.717) is 6.04 Å². The molecule has 0 amide bonds. The highest BCUT2D eigenvalue weighted by Crippen LogP contribution is 2.33. The van der Waals surface area contributed by atoms with Crippen LogP contribution in [0.1, 0.15) is 42.9 Å². The van der Waals surface area contributed by atoms with Crippen LogP contribution in [0.2, 0.25) is 0 Å². The number of rotatable bonds is 1. The van der Waals surface area contributed by atoms with Crippen LogP contribution in [0.15, 0.2) is 35.9 Å². The molecule has 1 unspecified atom stereocenters. The second kappa shape index (κ2) is 4.42. The molecule has 1 aliphatic heterocycles. The van der Waals surface area contributed by atoms with Gasteiger partial charge in [-0.05, 0) is 43.2 Å². The third-order valence-electron chi connectivity index (χ3n) is 3.81. The number of hydrogen-bond donors (Lipinski definition) is 1. The summed E-state index contributed by atoms with van der Waals surface area (Å²) in [7, 11) is 0. The number of nitrogens with one attached hydrogen (secondary N) is 1. The van der Waals surface area contributed by atoms with E-state index in [9.17, 15) is 0 Å². The zero-order valence-corrected chi connectivity index (χ0v) is 9.71. The van der Waals surface area contributed by atoms with E-state index in [0.717, 1.165) is 6.54 Å². The Balaban J connectivity index is 1.95. The van der Waals surface area contributed by atoms with Gasteiger partial charge in [-0.2, -0.15) is 0 Å². The van der Waals surface area contributed by atoms with Gasteiger partial charge in [0.15, 0.2) is 0 Å². The van der Waals surface area contributed by atoms with Crippen LogP contribution in [-0.2, 0) is 6.42 Å². The first-order chi connectivity index (χ1) is 7.95. The highest BCUT2D eigenvalue weighted by molar-refractivity contribution is 5.38. The second-order valence-electron chi connectivity index (χ2n) is 4.86. The molecule has 1 atom stereocenters. The molecule has 1 heteroatoms. The van der Waals surface area contributed by atoms with Gasteiger partial charge in [-0.25, -0.2) is 0 Å². The lowest BCUT2D eigenvalue weighted by atomic mass is 9.85. The summed E-state index contributed by atoms with van der Waals surface area (Å²) < 4.78 is 0. The van der Waals surface area contributed by atoms with Crippen molar-refractivity contribution < 1.29 is 0 Å². The molecule has 0 aromatic heterocycles. The van der Waals surface area contributed by atoms with E-state index in [2.05, 4.69) is 35.7 Å².